The minimum Gasteiger partial charge on any atom is -0.330 e. The normalized spacial score (nSPS) is 20.0. The van der Waals surface area contributed by atoms with Gasteiger partial charge in [-0.3, -0.25) is 15.0 Å². The zero-order chi connectivity index (χ0) is 14.5. The molecule has 0 spiro atoms. The molecule has 1 aromatic carbocycles. The monoisotopic (exact) mass is 297 g/mol. The summed E-state index contributed by atoms with van der Waals surface area (Å²) in [5.74, 6) is 0. The smallest absolute Gasteiger partial charge is 0.275 e. The van der Waals surface area contributed by atoms with Crippen LogP contribution in [0, 0.1) is 10.1 Å². The van der Waals surface area contributed by atoms with Gasteiger partial charge in [-0.15, -0.1) is 0 Å². The van der Waals surface area contributed by atoms with Crippen molar-refractivity contribution in [1.29, 1.82) is 0 Å². The van der Waals surface area contributed by atoms with Crippen molar-refractivity contribution in [2.24, 2.45) is 5.73 Å². The summed E-state index contributed by atoms with van der Waals surface area (Å²) in [6.07, 6.45) is 4.36. The maximum atomic E-state index is 11.1. The van der Waals surface area contributed by atoms with Crippen molar-refractivity contribution >= 4 is 17.3 Å². The van der Waals surface area contributed by atoms with Crippen molar-refractivity contribution < 1.29 is 4.92 Å². The van der Waals surface area contributed by atoms with Gasteiger partial charge in [-0.25, -0.2) is 0 Å². The largest absolute Gasteiger partial charge is 0.330 e. The zero-order valence-corrected chi connectivity index (χ0v) is 12.2. The Labute approximate surface area is 123 Å². The molecule has 1 fully saturated rings. The molecule has 0 saturated carbocycles. The second kappa shape index (κ2) is 7.02. The highest BCUT2D eigenvalue weighted by atomic mass is 35.5. The molecule has 0 aromatic heterocycles. The minimum atomic E-state index is -0.358. The highest BCUT2D eigenvalue weighted by molar-refractivity contribution is 6.31. The van der Waals surface area contributed by atoms with Gasteiger partial charge >= 0.3 is 0 Å². The van der Waals surface area contributed by atoms with E-state index >= 15 is 0 Å². The molecule has 1 aliphatic heterocycles. The van der Waals surface area contributed by atoms with Crippen molar-refractivity contribution in [3.05, 3.63) is 38.9 Å². The van der Waals surface area contributed by atoms with Crippen LogP contribution in [0.3, 0.4) is 0 Å². The van der Waals surface area contributed by atoms with Gasteiger partial charge in [0.05, 0.1) is 15.5 Å². The standard InChI is InChI=1S/C14H20ClN3O2/c15-13-5-3-6-14(18(19)20)12(13)10-17-9-2-1-4-11(17)7-8-16/h3,5-6,11H,1-2,4,7-10,16H2. The molecule has 1 saturated heterocycles. The van der Waals surface area contributed by atoms with Gasteiger partial charge in [0.15, 0.2) is 0 Å². The number of nitro groups is 1. The Morgan fingerprint density at radius 2 is 2.25 bits per heavy atom. The number of hydrogen-bond acceptors (Lipinski definition) is 4. The lowest BCUT2D eigenvalue weighted by Gasteiger charge is -2.35. The topological polar surface area (TPSA) is 72.4 Å². The van der Waals surface area contributed by atoms with Crippen molar-refractivity contribution in [1.82, 2.24) is 4.90 Å². The average Bonchev–Trinajstić information content (AvgIpc) is 2.43. The molecule has 1 unspecified atom stereocenters. The number of benzene rings is 1. The third-order valence-electron chi connectivity index (χ3n) is 3.90. The SMILES string of the molecule is NCCC1CCCCN1Cc1c(Cl)cccc1[N+](=O)[O-]. The molecule has 1 atom stereocenters. The Morgan fingerprint density at radius 3 is 2.95 bits per heavy atom. The molecule has 0 aliphatic carbocycles. The maximum absolute atomic E-state index is 11.1. The van der Waals surface area contributed by atoms with E-state index in [1.807, 2.05) is 0 Å². The highest BCUT2D eigenvalue weighted by Crippen LogP contribution is 2.30. The number of nitrogens with two attached hydrogens (primary N) is 1. The molecule has 20 heavy (non-hydrogen) atoms. The van der Waals surface area contributed by atoms with Crippen molar-refractivity contribution in [3.63, 3.8) is 0 Å². The summed E-state index contributed by atoms with van der Waals surface area (Å²) in [4.78, 5) is 13.1. The highest BCUT2D eigenvalue weighted by Gasteiger charge is 2.25. The van der Waals surface area contributed by atoms with E-state index < -0.39 is 0 Å². The first-order valence-electron chi connectivity index (χ1n) is 6.99. The summed E-state index contributed by atoms with van der Waals surface area (Å²) in [5.41, 5.74) is 6.38. The summed E-state index contributed by atoms with van der Waals surface area (Å²) in [5, 5.41) is 11.6. The molecule has 2 N–H and O–H groups in total. The van der Waals surface area contributed by atoms with E-state index in [2.05, 4.69) is 4.90 Å². The molecule has 2 rings (SSSR count). The van der Waals surface area contributed by atoms with Gasteiger partial charge in [0.25, 0.3) is 5.69 Å². The molecule has 0 bridgehead atoms. The Kier molecular flexibility index (Phi) is 5.34. The Balaban J connectivity index is 2.21. The quantitative estimate of drug-likeness (QED) is 0.670. The van der Waals surface area contributed by atoms with E-state index in [1.54, 1.807) is 12.1 Å². The lowest BCUT2D eigenvalue weighted by molar-refractivity contribution is -0.385. The van der Waals surface area contributed by atoms with E-state index in [0.717, 1.165) is 25.8 Å². The molecular weight excluding hydrogens is 278 g/mol. The first-order chi connectivity index (χ1) is 9.63. The zero-order valence-electron chi connectivity index (χ0n) is 11.4. The number of piperidine rings is 1. The van der Waals surface area contributed by atoms with Crippen LogP contribution in [0.25, 0.3) is 0 Å². The second-order valence-corrected chi connectivity index (χ2v) is 5.60. The number of halogens is 1. The molecule has 0 radical (unpaired) electrons. The second-order valence-electron chi connectivity index (χ2n) is 5.19. The van der Waals surface area contributed by atoms with Crippen LogP contribution in [0.1, 0.15) is 31.2 Å². The van der Waals surface area contributed by atoms with Gasteiger partial charge in [-0.05, 0) is 38.4 Å². The predicted octanol–water partition coefficient (Wildman–Crippen LogP) is 2.95. The number of hydrogen-bond donors (Lipinski definition) is 1. The first-order valence-corrected chi connectivity index (χ1v) is 7.37. The predicted molar refractivity (Wildman–Crippen MR) is 79.8 cm³/mol. The van der Waals surface area contributed by atoms with E-state index in [0.29, 0.717) is 29.7 Å². The van der Waals surface area contributed by atoms with E-state index in [9.17, 15) is 10.1 Å². The molecule has 5 nitrogen and oxygen atoms in total. The molecule has 1 aromatic rings. The van der Waals surface area contributed by atoms with E-state index in [-0.39, 0.29) is 10.6 Å². The number of nitrogens with zero attached hydrogens (tertiary/aromatic N) is 2. The molecule has 1 aliphatic rings. The fourth-order valence-corrected chi connectivity index (χ4v) is 3.09. The summed E-state index contributed by atoms with van der Waals surface area (Å²) in [6, 6.07) is 5.26. The van der Waals surface area contributed by atoms with E-state index in [1.165, 1.54) is 12.5 Å². The fraction of sp³-hybridized carbons (Fsp3) is 0.571. The van der Waals surface area contributed by atoms with Crippen molar-refractivity contribution in [2.75, 3.05) is 13.1 Å². The van der Waals surface area contributed by atoms with Gasteiger partial charge in [-0.1, -0.05) is 24.1 Å². The number of rotatable bonds is 5. The molecular formula is C14H20ClN3O2. The average molecular weight is 298 g/mol. The van der Waals surface area contributed by atoms with Crippen LogP contribution in [0.4, 0.5) is 5.69 Å². The lowest BCUT2D eigenvalue weighted by atomic mass is 9.98. The molecule has 6 heteroatoms. The van der Waals surface area contributed by atoms with Crippen LogP contribution >= 0.6 is 11.6 Å². The van der Waals surface area contributed by atoms with Crippen molar-refractivity contribution in [3.8, 4) is 0 Å². The summed E-state index contributed by atoms with van der Waals surface area (Å²) in [7, 11) is 0. The van der Waals surface area contributed by atoms with Gasteiger partial charge in [0.2, 0.25) is 0 Å². The maximum Gasteiger partial charge on any atom is 0.275 e. The molecule has 0 amide bonds. The third kappa shape index (κ3) is 3.48. The van der Waals surface area contributed by atoms with E-state index in [4.69, 9.17) is 17.3 Å². The summed E-state index contributed by atoms with van der Waals surface area (Å²) >= 11 is 6.16. The fourth-order valence-electron chi connectivity index (χ4n) is 2.87. The van der Waals surface area contributed by atoms with Crippen molar-refractivity contribution in [2.45, 2.75) is 38.3 Å². The van der Waals surface area contributed by atoms with Crippen LogP contribution in [0.15, 0.2) is 18.2 Å². The molecule has 110 valence electrons. The minimum absolute atomic E-state index is 0.106. The number of likely N-dealkylation sites (tertiary alicyclic amines) is 1. The molecule has 1 heterocycles. The summed E-state index contributed by atoms with van der Waals surface area (Å²) < 4.78 is 0. The first kappa shape index (κ1) is 15.2. The third-order valence-corrected chi connectivity index (χ3v) is 4.26. The van der Waals surface area contributed by atoms with Gasteiger partial charge in [0.1, 0.15) is 0 Å². The van der Waals surface area contributed by atoms with Crippen LogP contribution < -0.4 is 5.73 Å². The summed E-state index contributed by atoms with van der Waals surface area (Å²) in [6.45, 7) is 2.12. The van der Waals surface area contributed by atoms with Gasteiger partial charge < -0.3 is 5.73 Å². The van der Waals surface area contributed by atoms with Crippen LogP contribution in [-0.2, 0) is 6.54 Å². The van der Waals surface area contributed by atoms with Gasteiger partial charge in [-0.2, -0.15) is 0 Å². The van der Waals surface area contributed by atoms with Crippen LogP contribution in [0.2, 0.25) is 5.02 Å². The van der Waals surface area contributed by atoms with Crippen LogP contribution in [-0.4, -0.2) is 29.0 Å². The Morgan fingerprint density at radius 1 is 1.45 bits per heavy atom. The Bertz CT molecular complexity index is 479. The number of nitro benzene ring substituents is 1. The van der Waals surface area contributed by atoms with Crippen LogP contribution in [0.5, 0.6) is 0 Å². The van der Waals surface area contributed by atoms with Gasteiger partial charge in [0, 0.05) is 18.7 Å². The lowest BCUT2D eigenvalue weighted by Crippen LogP contribution is -2.40. The Hall–Kier alpha value is -1.17.